The second kappa shape index (κ2) is 28.1. The smallest absolute Gasteiger partial charge is 0.309 e. The number of hydrogen-bond acceptors (Lipinski definition) is 14. The van der Waals surface area contributed by atoms with E-state index in [9.17, 15) is 19.2 Å². The van der Waals surface area contributed by atoms with Crippen molar-refractivity contribution in [1.82, 2.24) is 0 Å². The van der Waals surface area contributed by atoms with Crippen LogP contribution in [-0.2, 0) is 135 Å². The monoisotopic (exact) mass is 846 g/mol. The molecule has 0 bridgehead atoms. The first-order valence-electron chi connectivity index (χ1n) is 11.2. The van der Waals surface area contributed by atoms with E-state index in [0.717, 1.165) is 28.4 Å². The Morgan fingerprint density at radius 1 is 0.525 bits per heavy atom. The Hall–Kier alpha value is -1.00. The van der Waals surface area contributed by atoms with Crippen LogP contribution in [0.4, 0.5) is 0 Å². The van der Waals surface area contributed by atoms with E-state index in [1.54, 1.807) is 4.58 Å². The van der Waals surface area contributed by atoms with Gasteiger partial charge in [-0.1, -0.05) is 4.38 Å². The molecule has 0 aliphatic carbocycles. The van der Waals surface area contributed by atoms with Crippen LogP contribution in [0.5, 0.6) is 0 Å². The SMILES string of the molecule is CC[N+](CC)(CC)CC.COC(=O)/C([S-])=C(/[S-])C(=O)OC.COC(=O)/C([S-])=C(/[S-])C(=O)OC.C[N+](C)=C([S-])[S-].[W]. The number of quaternary nitrogens is 1. The second-order valence-electron chi connectivity index (χ2n) is 7.05. The molecule has 0 aromatic heterocycles. The van der Waals surface area contributed by atoms with Gasteiger partial charge >= 0.3 is 23.9 Å². The number of methoxy groups -OCH3 is 4. The minimum atomic E-state index is -0.805. The van der Waals surface area contributed by atoms with E-state index in [1.807, 2.05) is 14.1 Å². The van der Waals surface area contributed by atoms with Gasteiger partial charge in [-0.15, -0.1) is 19.6 Å². The van der Waals surface area contributed by atoms with Crippen LogP contribution >= 0.6 is 0 Å². The molecule has 0 aliphatic heterocycles. The maximum atomic E-state index is 10.7. The van der Waals surface area contributed by atoms with E-state index >= 15 is 0 Å². The third-order valence-electron chi connectivity index (χ3n) is 4.94. The summed E-state index contributed by atoms with van der Waals surface area (Å²) in [6.45, 7) is 14.2. The first kappa shape index (κ1) is 48.7. The Bertz CT molecular complexity index is 761. The van der Waals surface area contributed by atoms with Gasteiger partial charge in [0, 0.05) is 21.1 Å². The van der Waals surface area contributed by atoms with Crippen molar-refractivity contribution >= 4 is 104 Å². The van der Waals surface area contributed by atoms with E-state index < -0.39 is 23.9 Å². The standard InChI is InChI=1S/C8H20N.2C6H8O4S2.C3H7NS2.W/c1-5-9(6-2,7-3)8-4;2*1-9-5(7)3(11)4(12)6(8)10-2;1-4(2)3(5)6;/h5-8H2,1-4H3;2*11-12H,1-2H3;1-2H3,(H,5,6);/q+1;;;;/p-5/b;2*4-3-;;. The molecule has 234 valence electrons. The molecule has 0 amide bonds. The summed E-state index contributed by atoms with van der Waals surface area (Å²) < 4.78 is 20.5. The molecule has 0 saturated carbocycles. The summed E-state index contributed by atoms with van der Waals surface area (Å²) in [5, 5.41) is 0. The van der Waals surface area contributed by atoms with E-state index in [4.69, 9.17) is 0 Å². The van der Waals surface area contributed by atoms with Gasteiger partial charge < -0.3 is 99.2 Å². The van der Waals surface area contributed by atoms with Crippen molar-refractivity contribution in [2.45, 2.75) is 27.7 Å². The van der Waals surface area contributed by atoms with Crippen LogP contribution in [0.2, 0.25) is 0 Å². The summed E-state index contributed by atoms with van der Waals surface area (Å²) in [7, 11) is 8.25. The van der Waals surface area contributed by atoms with Crippen LogP contribution in [0.1, 0.15) is 27.7 Å². The van der Waals surface area contributed by atoms with E-state index in [0.29, 0.717) is 4.38 Å². The van der Waals surface area contributed by atoms with Crippen LogP contribution in [-0.4, -0.2) is 106 Å². The number of esters is 4. The zero-order chi connectivity index (χ0) is 31.9. The molecular formula is C23H38N2O8S6W-4. The molecule has 0 unspecified atom stereocenters. The van der Waals surface area contributed by atoms with Crippen LogP contribution < -0.4 is 0 Å². The fourth-order valence-electron chi connectivity index (χ4n) is 2.08. The Labute approximate surface area is 286 Å². The van der Waals surface area contributed by atoms with Gasteiger partial charge in [0.15, 0.2) is 0 Å². The molecule has 0 aliphatic rings. The first-order chi connectivity index (χ1) is 18.0. The quantitative estimate of drug-likeness (QED) is 0.0504. The third-order valence-corrected chi connectivity index (χ3v) is 7.42. The van der Waals surface area contributed by atoms with Crippen molar-refractivity contribution in [3.05, 3.63) is 19.6 Å². The minimum absolute atomic E-state index is 0. The maximum absolute atomic E-state index is 10.7. The van der Waals surface area contributed by atoms with Crippen molar-refractivity contribution in [1.29, 1.82) is 0 Å². The Morgan fingerprint density at radius 3 is 0.725 bits per heavy atom. The zero-order valence-electron chi connectivity index (χ0n) is 24.3. The molecular weight excluding hydrogens is 809 g/mol. The summed E-state index contributed by atoms with van der Waals surface area (Å²) in [6.07, 6.45) is 0. The second-order valence-corrected chi connectivity index (χ2v) is 9.71. The molecule has 17 heteroatoms. The van der Waals surface area contributed by atoms with E-state index in [-0.39, 0.29) is 40.7 Å². The molecule has 0 radical (unpaired) electrons. The molecule has 0 saturated heterocycles. The van der Waals surface area contributed by atoms with Crippen LogP contribution in [0.25, 0.3) is 0 Å². The Kier molecular flexibility index (Phi) is 34.3. The topological polar surface area (TPSA) is 108 Å². The number of hydrogen-bond donors (Lipinski definition) is 0. The molecule has 0 spiro atoms. The van der Waals surface area contributed by atoms with Crippen molar-refractivity contribution in [3.8, 4) is 0 Å². The largest absolute Gasteiger partial charge is 0.774 e. The van der Waals surface area contributed by atoms with Gasteiger partial charge in [0.1, 0.15) is 14.1 Å². The van der Waals surface area contributed by atoms with Gasteiger partial charge in [0.25, 0.3) is 0 Å². The van der Waals surface area contributed by atoms with Crippen molar-refractivity contribution < 1.29 is 68.2 Å². The zero-order valence-corrected chi connectivity index (χ0v) is 32.2. The number of rotatable bonds is 8. The van der Waals surface area contributed by atoms with Gasteiger partial charge in [0.2, 0.25) is 0 Å². The molecule has 40 heavy (non-hydrogen) atoms. The summed E-state index contributed by atoms with van der Waals surface area (Å²) in [5.74, 6) is -3.22. The van der Waals surface area contributed by atoms with Crippen LogP contribution in [0.3, 0.4) is 0 Å². The van der Waals surface area contributed by atoms with Gasteiger partial charge in [-0.05, 0) is 27.7 Å². The number of carbonyl (C=O) groups excluding carboxylic acids is 4. The van der Waals surface area contributed by atoms with Crippen LogP contribution in [0.15, 0.2) is 19.6 Å². The van der Waals surface area contributed by atoms with Gasteiger partial charge in [-0.3, -0.25) is 4.58 Å². The number of nitrogens with zero attached hydrogens (tertiary/aromatic N) is 2. The van der Waals surface area contributed by atoms with E-state index in [2.05, 4.69) is 122 Å². The summed E-state index contributed by atoms with van der Waals surface area (Å²) in [4.78, 5) is 41.5. The predicted octanol–water partition coefficient (Wildman–Crippen LogP) is 0.864. The van der Waals surface area contributed by atoms with Crippen LogP contribution in [0, 0.1) is 0 Å². The summed E-state index contributed by atoms with van der Waals surface area (Å²) in [5.41, 5.74) is 0. The third kappa shape index (κ3) is 21.7. The Morgan fingerprint density at radius 2 is 0.675 bits per heavy atom. The fourth-order valence-corrected chi connectivity index (χ4v) is 2.75. The molecule has 0 N–H and O–H groups in total. The summed E-state index contributed by atoms with van der Waals surface area (Å²) >= 11 is 27.2. The predicted molar refractivity (Wildman–Crippen MR) is 166 cm³/mol. The molecule has 0 rings (SSSR count). The maximum Gasteiger partial charge on any atom is 0.309 e. The van der Waals surface area contributed by atoms with Gasteiger partial charge in [-0.25, -0.2) is 19.2 Å². The first-order valence-corrected chi connectivity index (χ1v) is 13.7. The number of carbonyl (C=O) groups is 4. The average molecular weight is 847 g/mol. The van der Waals surface area contributed by atoms with Gasteiger partial charge in [0.05, 0.1) is 54.6 Å². The molecule has 0 atom stereocenters. The minimum Gasteiger partial charge on any atom is -0.774 e. The van der Waals surface area contributed by atoms with Crippen molar-refractivity contribution in [3.63, 3.8) is 0 Å². The number of ether oxygens (including phenoxy) is 4. The molecule has 0 aromatic rings. The fraction of sp³-hybridized carbons (Fsp3) is 0.609. The molecule has 10 nitrogen and oxygen atoms in total. The molecule has 0 fully saturated rings. The Balaban J connectivity index is -0.000000139. The average Bonchev–Trinajstić information content (AvgIpc) is 2.96. The van der Waals surface area contributed by atoms with Crippen molar-refractivity contribution in [2.24, 2.45) is 0 Å². The molecule has 0 aromatic carbocycles. The summed E-state index contributed by atoms with van der Waals surface area (Å²) in [6, 6.07) is 0. The van der Waals surface area contributed by atoms with E-state index in [1.165, 1.54) is 30.7 Å². The molecule has 0 heterocycles. The normalized spacial score (nSPS) is 10.8. The van der Waals surface area contributed by atoms with Gasteiger partial charge in [-0.2, -0.15) is 0 Å². The van der Waals surface area contributed by atoms with Crippen molar-refractivity contribution in [2.75, 3.05) is 68.7 Å².